The van der Waals surface area contributed by atoms with E-state index < -0.39 is 11.9 Å². The predicted molar refractivity (Wildman–Crippen MR) is 128 cm³/mol. The number of methoxy groups -OCH3 is 2. The number of ether oxygens (including phenoxy) is 3. The highest BCUT2D eigenvalue weighted by Crippen LogP contribution is 2.34. The van der Waals surface area contributed by atoms with E-state index in [0.717, 1.165) is 0 Å². The number of hydrogen-bond donors (Lipinski definition) is 1. The minimum atomic E-state index is -0.756. The maximum absolute atomic E-state index is 13.2. The van der Waals surface area contributed by atoms with Crippen LogP contribution < -0.4 is 14.8 Å². The lowest BCUT2D eigenvalue weighted by Crippen LogP contribution is -2.16. The summed E-state index contributed by atoms with van der Waals surface area (Å²) in [6, 6.07) is 17.2. The van der Waals surface area contributed by atoms with E-state index >= 15 is 0 Å². The molecule has 0 atom stereocenters. The van der Waals surface area contributed by atoms with Crippen molar-refractivity contribution in [2.75, 3.05) is 19.5 Å². The Hall–Kier alpha value is -5.04. The zero-order valence-electron chi connectivity index (χ0n) is 19.8. The van der Waals surface area contributed by atoms with Crippen LogP contribution in [0.1, 0.15) is 37.9 Å². The molecule has 182 valence electrons. The number of carbonyl (C=O) groups excluding carboxylic acids is 2. The van der Waals surface area contributed by atoms with Crippen molar-refractivity contribution in [3.8, 4) is 23.3 Å². The lowest BCUT2D eigenvalue weighted by atomic mass is 10.1. The van der Waals surface area contributed by atoms with Gasteiger partial charge < -0.3 is 23.9 Å². The van der Waals surface area contributed by atoms with Gasteiger partial charge in [-0.1, -0.05) is 18.2 Å². The third-order valence-electron chi connectivity index (χ3n) is 5.35. The third kappa shape index (κ3) is 4.76. The number of anilines is 1. The Kier molecular flexibility index (Phi) is 7.02. The van der Waals surface area contributed by atoms with Crippen molar-refractivity contribution >= 4 is 17.6 Å². The van der Waals surface area contributed by atoms with Crippen LogP contribution >= 0.6 is 0 Å². The molecule has 0 saturated carbocycles. The first kappa shape index (κ1) is 24.1. The van der Waals surface area contributed by atoms with Crippen LogP contribution in [0.2, 0.25) is 0 Å². The molecule has 0 fully saturated rings. The normalized spacial score (nSPS) is 10.4. The van der Waals surface area contributed by atoms with Gasteiger partial charge in [-0.25, -0.2) is 9.48 Å². The number of esters is 1. The Morgan fingerprint density at radius 3 is 2.44 bits per heavy atom. The maximum atomic E-state index is 13.2. The molecule has 0 spiro atoms. The van der Waals surface area contributed by atoms with Crippen LogP contribution in [-0.2, 0) is 11.3 Å². The van der Waals surface area contributed by atoms with Crippen molar-refractivity contribution in [2.45, 2.75) is 13.5 Å². The van der Waals surface area contributed by atoms with Crippen molar-refractivity contribution in [1.29, 1.82) is 5.26 Å². The summed E-state index contributed by atoms with van der Waals surface area (Å²) >= 11 is 0. The zero-order chi connectivity index (χ0) is 25.7. The van der Waals surface area contributed by atoms with Crippen molar-refractivity contribution in [1.82, 2.24) is 9.78 Å². The molecule has 10 heteroatoms. The van der Waals surface area contributed by atoms with Gasteiger partial charge in [0.15, 0.2) is 17.3 Å². The van der Waals surface area contributed by atoms with Crippen molar-refractivity contribution in [3.63, 3.8) is 0 Å². The van der Waals surface area contributed by atoms with Gasteiger partial charge in [0.25, 0.3) is 5.91 Å². The highest BCUT2D eigenvalue weighted by atomic mass is 16.5. The van der Waals surface area contributed by atoms with Crippen molar-refractivity contribution in [2.24, 2.45) is 0 Å². The van der Waals surface area contributed by atoms with E-state index in [0.29, 0.717) is 28.4 Å². The SMILES string of the molecule is COc1cc(NC(=O)c2ccco2)c(C(=O)OCc2c(C#N)c(C)nn2-c2ccccc2)cc1OC. The fraction of sp³-hybridized carbons (Fsp3) is 0.154. The summed E-state index contributed by atoms with van der Waals surface area (Å²) in [5.74, 6) is -0.694. The molecule has 0 unspecified atom stereocenters. The van der Waals surface area contributed by atoms with Gasteiger partial charge in [0.05, 0.1) is 48.8 Å². The highest BCUT2D eigenvalue weighted by Gasteiger charge is 2.23. The molecule has 2 aromatic heterocycles. The van der Waals surface area contributed by atoms with Crippen LogP contribution in [0.4, 0.5) is 5.69 Å². The number of carbonyl (C=O) groups is 2. The fourth-order valence-corrected chi connectivity index (χ4v) is 3.59. The summed E-state index contributed by atoms with van der Waals surface area (Å²) < 4.78 is 22.9. The highest BCUT2D eigenvalue weighted by molar-refractivity contribution is 6.07. The van der Waals surface area contributed by atoms with Gasteiger partial charge in [-0.05, 0) is 31.2 Å². The predicted octanol–water partition coefficient (Wildman–Crippen LogP) is 4.27. The molecular formula is C26H22N4O6. The number of aromatic nitrogens is 2. The third-order valence-corrected chi connectivity index (χ3v) is 5.35. The summed E-state index contributed by atoms with van der Waals surface area (Å²) in [4.78, 5) is 25.8. The monoisotopic (exact) mass is 486 g/mol. The minimum Gasteiger partial charge on any atom is -0.493 e. The summed E-state index contributed by atoms with van der Waals surface area (Å²) in [5, 5.41) is 16.8. The molecule has 4 aromatic rings. The van der Waals surface area contributed by atoms with Crippen LogP contribution in [0.25, 0.3) is 5.69 Å². The number of nitrogens with zero attached hydrogens (tertiary/aromatic N) is 3. The van der Waals surface area contributed by atoms with E-state index in [1.165, 1.54) is 38.7 Å². The van der Waals surface area contributed by atoms with Crippen molar-refractivity contribution in [3.05, 3.63) is 89.1 Å². The quantitative estimate of drug-likeness (QED) is 0.366. The Balaban J connectivity index is 1.66. The van der Waals surface area contributed by atoms with Gasteiger partial charge >= 0.3 is 5.97 Å². The molecule has 0 aliphatic heterocycles. The largest absolute Gasteiger partial charge is 0.493 e. The summed E-state index contributed by atoms with van der Waals surface area (Å²) in [7, 11) is 2.86. The second-order valence-corrected chi connectivity index (χ2v) is 7.53. The van der Waals surface area contributed by atoms with Gasteiger partial charge in [0.2, 0.25) is 0 Å². The molecule has 36 heavy (non-hydrogen) atoms. The van der Waals surface area contributed by atoms with Crippen molar-refractivity contribution < 1.29 is 28.2 Å². The van der Waals surface area contributed by atoms with E-state index in [4.69, 9.17) is 18.6 Å². The average Bonchev–Trinajstić information content (AvgIpc) is 3.55. The molecule has 0 saturated heterocycles. The summed E-state index contributed by atoms with van der Waals surface area (Å²) in [5.41, 5.74) is 2.10. The van der Waals surface area contributed by atoms with E-state index in [1.54, 1.807) is 17.7 Å². The van der Waals surface area contributed by atoms with Gasteiger partial charge in [0.1, 0.15) is 18.2 Å². The maximum Gasteiger partial charge on any atom is 0.340 e. The number of benzene rings is 2. The van der Waals surface area contributed by atoms with Gasteiger partial charge in [-0.3, -0.25) is 4.79 Å². The number of furan rings is 1. The Morgan fingerprint density at radius 2 is 1.81 bits per heavy atom. The molecular weight excluding hydrogens is 464 g/mol. The van der Waals surface area contributed by atoms with Crippen LogP contribution in [0.3, 0.4) is 0 Å². The topological polar surface area (TPSA) is 129 Å². The van der Waals surface area contributed by atoms with Crippen LogP contribution in [0.5, 0.6) is 11.5 Å². The second kappa shape index (κ2) is 10.5. The standard InChI is InChI=1S/C26H22N4O6/c1-16-19(14-27)21(30(29-16)17-8-5-4-6-9-17)15-36-26(32)18-12-23(33-2)24(34-3)13-20(18)28-25(31)22-10-7-11-35-22/h4-13H,15H2,1-3H3,(H,28,31). The number of aryl methyl sites for hydroxylation is 1. The van der Waals surface area contributed by atoms with Crippen LogP contribution in [0, 0.1) is 18.3 Å². The number of para-hydroxylation sites is 1. The molecule has 2 aromatic carbocycles. The molecule has 1 amide bonds. The number of amides is 1. The second-order valence-electron chi connectivity index (χ2n) is 7.53. The lowest BCUT2D eigenvalue weighted by molar-refractivity contribution is 0.0465. The molecule has 2 heterocycles. The molecule has 0 aliphatic rings. The number of nitrogens with one attached hydrogen (secondary N) is 1. The van der Waals surface area contributed by atoms with E-state index in [1.807, 2.05) is 30.3 Å². The first-order chi connectivity index (χ1) is 17.5. The van der Waals surface area contributed by atoms with Gasteiger partial charge in [-0.15, -0.1) is 0 Å². The summed E-state index contributed by atoms with van der Waals surface area (Å²) in [6.07, 6.45) is 1.36. The molecule has 0 aliphatic carbocycles. The average molecular weight is 486 g/mol. The van der Waals surface area contributed by atoms with Crippen LogP contribution in [-0.4, -0.2) is 35.9 Å². The molecule has 4 rings (SSSR count). The van der Waals surface area contributed by atoms with E-state index in [-0.39, 0.29) is 29.4 Å². The number of nitriles is 1. The fourth-order valence-electron chi connectivity index (χ4n) is 3.59. The first-order valence-electron chi connectivity index (χ1n) is 10.8. The number of rotatable bonds is 8. The lowest BCUT2D eigenvalue weighted by Gasteiger charge is -2.15. The smallest absolute Gasteiger partial charge is 0.340 e. The van der Waals surface area contributed by atoms with E-state index in [9.17, 15) is 14.9 Å². The minimum absolute atomic E-state index is 0.0218. The Morgan fingerprint density at radius 1 is 1.08 bits per heavy atom. The van der Waals surface area contributed by atoms with E-state index in [2.05, 4.69) is 16.5 Å². The Labute approximate surface area is 206 Å². The number of hydrogen-bond acceptors (Lipinski definition) is 8. The first-order valence-corrected chi connectivity index (χ1v) is 10.8. The molecule has 1 N–H and O–H groups in total. The molecule has 10 nitrogen and oxygen atoms in total. The summed E-state index contributed by atoms with van der Waals surface area (Å²) in [6.45, 7) is 1.47. The van der Waals surface area contributed by atoms with Crippen LogP contribution in [0.15, 0.2) is 65.3 Å². The zero-order valence-corrected chi connectivity index (χ0v) is 19.8. The Bertz CT molecular complexity index is 1440. The van der Waals surface area contributed by atoms with Gasteiger partial charge in [-0.2, -0.15) is 10.4 Å². The molecule has 0 radical (unpaired) electrons. The molecule has 0 bridgehead atoms. The van der Waals surface area contributed by atoms with Gasteiger partial charge in [0, 0.05) is 12.1 Å².